The number of likely N-dealkylation sites (tertiary alicyclic amines) is 1. The van der Waals surface area contributed by atoms with Crippen molar-refractivity contribution in [2.45, 2.75) is 57.9 Å². The molecule has 1 aliphatic heterocycles. The normalized spacial score (nSPS) is 25.3. The molecule has 0 aromatic rings. The molecule has 0 amide bonds. The van der Waals surface area contributed by atoms with E-state index in [9.17, 15) is 0 Å². The van der Waals surface area contributed by atoms with Crippen molar-refractivity contribution < 1.29 is 0 Å². The van der Waals surface area contributed by atoms with Crippen LogP contribution in [0.15, 0.2) is 4.99 Å². The summed E-state index contributed by atoms with van der Waals surface area (Å²) < 4.78 is 0. The first kappa shape index (κ1) is 15.1. The van der Waals surface area contributed by atoms with Gasteiger partial charge in [0.25, 0.3) is 0 Å². The molecule has 3 aliphatic rings. The molecule has 21 heavy (non-hydrogen) atoms. The highest BCUT2D eigenvalue weighted by atomic mass is 15.3. The molecule has 4 heteroatoms. The van der Waals surface area contributed by atoms with Crippen LogP contribution in [0.2, 0.25) is 0 Å². The molecular formula is C17H32N4. The van der Waals surface area contributed by atoms with Crippen LogP contribution in [-0.2, 0) is 0 Å². The van der Waals surface area contributed by atoms with Crippen molar-refractivity contribution in [1.82, 2.24) is 15.1 Å². The van der Waals surface area contributed by atoms with Crippen LogP contribution in [0.5, 0.6) is 0 Å². The molecule has 0 bridgehead atoms. The maximum Gasteiger partial charge on any atom is 0.193 e. The van der Waals surface area contributed by atoms with E-state index in [0.29, 0.717) is 5.41 Å². The Labute approximate surface area is 130 Å². The van der Waals surface area contributed by atoms with Gasteiger partial charge in [-0.2, -0.15) is 0 Å². The molecule has 4 nitrogen and oxygen atoms in total. The molecule has 2 saturated carbocycles. The summed E-state index contributed by atoms with van der Waals surface area (Å²) in [5, 5.41) is 3.60. The van der Waals surface area contributed by atoms with E-state index >= 15 is 0 Å². The van der Waals surface area contributed by atoms with E-state index in [1.54, 1.807) is 0 Å². The first-order valence-corrected chi connectivity index (χ1v) is 8.96. The lowest BCUT2D eigenvalue weighted by Crippen LogP contribution is -2.44. The number of likely N-dealkylation sites (N-methyl/N-ethyl adjacent to an activating group) is 1. The van der Waals surface area contributed by atoms with Crippen molar-refractivity contribution in [3.63, 3.8) is 0 Å². The number of guanidine groups is 1. The Morgan fingerprint density at radius 1 is 1.29 bits per heavy atom. The van der Waals surface area contributed by atoms with Crippen LogP contribution in [0.3, 0.4) is 0 Å². The summed E-state index contributed by atoms with van der Waals surface area (Å²) in [6.07, 6.45) is 9.92. The van der Waals surface area contributed by atoms with Crippen molar-refractivity contribution >= 4 is 5.96 Å². The third-order valence-electron chi connectivity index (χ3n) is 5.77. The molecule has 2 aliphatic carbocycles. The Morgan fingerprint density at radius 3 is 2.67 bits per heavy atom. The van der Waals surface area contributed by atoms with Gasteiger partial charge in [-0.05, 0) is 44.1 Å². The van der Waals surface area contributed by atoms with Crippen molar-refractivity contribution in [2.75, 3.05) is 39.8 Å². The van der Waals surface area contributed by atoms with Crippen LogP contribution in [0.4, 0.5) is 0 Å². The second-order valence-electron chi connectivity index (χ2n) is 7.21. The maximum atomic E-state index is 4.52. The second-order valence-corrected chi connectivity index (χ2v) is 7.21. The van der Waals surface area contributed by atoms with E-state index in [1.165, 1.54) is 64.6 Å². The summed E-state index contributed by atoms with van der Waals surface area (Å²) in [5.74, 6) is 1.13. The van der Waals surface area contributed by atoms with Crippen molar-refractivity contribution in [3.05, 3.63) is 0 Å². The predicted octanol–water partition coefficient (Wildman–Crippen LogP) is 2.31. The number of nitrogens with zero attached hydrogens (tertiary/aromatic N) is 3. The molecule has 0 aromatic heterocycles. The monoisotopic (exact) mass is 292 g/mol. The Morgan fingerprint density at radius 2 is 2.05 bits per heavy atom. The topological polar surface area (TPSA) is 30.9 Å². The average Bonchev–Trinajstić information content (AvgIpc) is 3.11. The van der Waals surface area contributed by atoms with Crippen molar-refractivity contribution in [3.8, 4) is 0 Å². The highest BCUT2D eigenvalue weighted by Crippen LogP contribution is 2.45. The summed E-state index contributed by atoms with van der Waals surface area (Å²) in [5.41, 5.74) is 0.626. The highest BCUT2D eigenvalue weighted by molar-refractivity contribution is 5.80. The molecule has 1 spiro atoms. The average molecular weight is 292 g/mol. The molecule has 0 aromatic carbocycles. The van der Waals surface area contributed by atoms with Gasteiger partial charge in [-0.15, -0.1) is 0 Å². The van der Waals surface area contributed by atoms with E-state index in [0.717, 1.165) is 25.1 Å². The van der Waals surface area contributed by atoms with E-state index in [-0.39, 0.29) is 0 Å². The largest absolute Gasteiger partial charge is 0.355 e. The van der Waals surface area contributed by atoms with E-state index < -0.39 is 0 Å². The third-order valence-corrected chi connectivity index (χ3v) is 5.77. The van der Waals surface area contributed by atoms with Gasteiger partial charge in [-0.25, -0.2) is 0 Å². The van der Waals surface area contributed by atoms with E-state index in [2.05, 4.69) is 27.0 Å². The van der Waals surface area contributed by atoms with Crippen LogP contribution in [0, 0.1) is 5.41 Å². The standard InChI is InChI=1S/C17H32N4/c1-3-20(15-6-7-15)13-11-19-16(18-2)21-12-10-17(14-21)8-4-5-9-17/h15H,3-14H2,1-2H3,(H,18,19). The molecule has 0 unspecified atom stereocenters. The molecular weight excluding hydrogens is 260 g/mol. The fourth-order valence-corrected chi connectivity index (χ4v) is 4.33. The molecule has 3 fully saturated rings. The zero-order chi connectivity index (χ0) is 14.7. The lowest BCUT2D eigenvalue weighted by Gasteiger charge is -2.27. The molecule has 1 N–H and O–H groups in total. The van der Waals surface area contributed by atoms with Crippen molar-refractivity contribution in [2.24, 2.45) is 10.4 Å². The van der Waals surface area contributed by atoms with Gasteiger partial charge in [0.2, 0.25) is 0 Å². The van der Waals surface area contributed by atoms with E-state index in [4.69, 9.17) is 0 Å². The SMILES string of the molecule is CCN(CCNC(=NC)N1CCC2(CCCC2)C1)C1CC1. The first-order valence-electron chi connectivity index (χ1n) is 8.96. The molecule has 120 valence electrons. The summed E-state index contributed by atoms with van der Waals surface area (Å²) >= 11 is 0. The molecule has 1 heterocycles. The van der Waals surface area contributed by atoms with Gasteiger partial charge < -0.3 is 10.2 Å². The van der Waals surface area contributed by atoms with Crippen LogP contribution < -0.4 is 5.32 Å². The van der Waals surface area contributed by atoms with Gasteiger partial charge in [0, 0.05) is 39.3 Å². The van der Waals surface area contributed by atoms with Gasteiger partial charge in [-0.3, -0.25) is 9.89 Å². The minimum absolute atomic E-state index is 0.626. The number of rotatable bonds is 5. The molecule has 3 rings (SSSR count). The number of hydrogen-bond acceptors (Lipinski definition) is 2. The number of nitrogens with one attached hydrogen (secondary N) is 1. The lowest BCUT2D eigenvalue weighted by atomic mass is 9.86. The Hall–Kier alpha value is -0.770. The minimum atomic E-state index is 0.626. The lowest BCUT2D eigenvalue weighted by molar-refractivity contribution is 0.279. The third kappa shape index (κ3) is 3.53. The zero-order valence-corrected chi connectivity index (χ0v) is 13.9. The van der Waals surface area contributed by atoms with Gasteiger partial charge >= 0.3 is 0 Å². The van der Waals surface area contributed by atoms with Crippen LogP contribution in [0.25, 0.3) is 0 Å². The second kappa shape index (κ2) is 6.55. The fraction of sp³-hybridized carbons (Fsp3) is 0.941. The predicted molar refractivity (Wildman–Crippen MR) is 88.7 cm³/mol. The fourth-order valence-electron chi connectivity index (χ4n) is 4.33. The molecule has 0 atom stereocenters. The maximum absolute atomic E-state index is 4.52. The van der Waals surface area contributed by atoms with Gasteiger partial charge in [0.05, 0.1) is 0 Å². The number of aliphatic imine (C=N–C) groups is 1. The van der Waals surface area contributed by atoms with Gasteiger partial charge in [0.15, 0.2) is 5.96 Å². The number of hydrogen-bond donors (Lipinski definition) is 1. The highest BCUT2D eigenvalue weighted by Gasteiger charge is 2.41. The van der Waals surface area contributed by atoms with Crippen LogP contribution in [-0.4, -0.2) is 61.6 Å². The van der Waals surface area contributed by atoms with Crippen LogP contribution in [0.1, 0.15) is 51.9 Å². The zero-order valence-electron chi connectivity index (χ0n) is 13.9. The summed E-state index contributed by atoms with van der Waals surface area (Å²) in [6.45, 7) is 8.06. The van der Waals surface area contributed by atoms with E-state index in [1.807, 2.05) is 7.05 Å². The summed E-state index contributed by atoms with van der Waals surface area (Å²) in [6, 6.07) is 0.868. The van der Waals surface area contributed by atoms with Gasteiger partial charge in [0.1, 0.15) is 0 Å². The Kier molecular flexibility index (Phi) is 4.72. The molecule has 1 saturated heterocycles. The van der Waals surface area contributed by atoms with Gasteiger partial charge in [-0.1, -0.05) is 19.8 Å². The summed E-state index contributed by atoms with van der Waals surface area (Å²) in [7, 11) is 1.93. The molecule has 0 radical (unpaired) electrons. The smallest absolute Gasteiger partial charge is 0.193 e. The Bertz CT molecular complexity index is 369. The first-order chi connectivity index (χ1) is 10.3. The van der Waals surface area contributed by atoms with Crippen molar-refractivity contribution in [1.29, 1.82) is 0 Å². The quantitative estimate of drug-likeness (QED) is 0.623. The Balaban J connectivity index is 1.45. The van der Waals surface area contributed by atoms with Crippen LogP contribution >= 0.6 is 0 Å². The summed E-state index contributed by atoms with van der Waals surface area (Å²) in [4.78, 5) is 9.62. The minimum Gasteiger partial charge on any atom is -0.355 e.